The maximum absolute atomic E-state index is 6.09. The van der Waals surface area contributed by atoms with Gasteiger partial charge in [0, 0.05) is 24.3 Å². The van der Waals surface area contributed by atoms with E-state index >= 15 is 0 Å². The van der Waals surface area contributed by atoms with Crippen LogP contribution in [0.25, 0.3) is 0 Å². The molecule has 0 atom stereocenters. The van der Waals surface area contributed by atoms with Crippen molar-refractivity contribution < 1.29 is 0 Å². The van der Waals surface area contributed by atoms with E-state index in [1.54, 1.807) is 6.20 Å². The molecule has 0 unspecified atom stereocenters. The van der Waals surface area contributed by atoms with Gasteiger partial charge in [0.05, 0.1) is 5.02 Å². The maximum atomic E-state index is 6.09. The molecule has 0 N–H and O–H groups in total. The van der Waals surface area contributed by atoms with Crippen molar-refractivity contribution in [3.63, 3.8) is 0 Å². The zero-order valence-electron chi connectivity index (χ0n) is 11.5. The second-order valence-electron chi connectivity index (χ2n) is 4.61. The largest absolute Gasteiger partial charge is 0.326 e. The molecule has 1 aromatic heterocycles. The molecule has 0 saturated heterocycles. The number of rotatable bonds is 6. The number of aromatic nitrogens is 1. The van der Waals surface area contributed by atoms with Gasteiger partial charge in [0.25, 0.3) is 0 Å². The van der Waals surface area contributed by atoms with Gasteiger partial charge in [0.15, 0.2) is 0 Å². The predicted octanol–water partition coefficient (Wildman–Crippen LogP) is 5.41. The van der Waals surface area contributed by atoms with Crippen molar-refractivity contribution in [3.05, 3.63) is 53.2 Å². The number of unbranched alkanes of at least 4 members (excludes halogenated alkanes) is 1. The van der Waals surface area contributed by atoms with Gasteiger partial charge in [-0.05, 0) is 30.2 Å². The zero-order valence-corrected chi connectivity index (χ0v) is 13.0. The van der Waals surface area contributed by atoms with Crippen LogP contribution in [0, 0.1) is 0 Å². The lowest BCUT2D eigenvalue weighted by molar-refractivity contribution is 0.779. The molecular formula is C16H18Cl2N2. The highest BCUT2D eigenvalue weighted by atomic mass is 35.5. The van der Waals surface area contributed by atoms with Crippen molar-refractivity contribution >= 4 is 34.7 Å². The molecule has 106 valence electrons. The number of benzene rings is 1. The molecule has 0 radical (unpaired) electrons. The van der Waals surface area contributed by atoms with E-state index in [9.17, 15) is 0 Å². The highest BCUT2D eigenvalue weighted by Gasteiger charge is 2.12. The molecule has 0 spiro atoms. The Balaban J connectivity index is 2.36. The van der Waals surface area contributed by atoms with E-state index in [0.717, 1.165) is 36.5 Å². The Hall–Kier alpha value is -1.25. The Morgan fingerprint density at radius 1 is 1.20 bits per heavy atom. The van der Waals surface area contributed by atoms with E-state index < -0.39 is 0 Å². The minimum Gasteiger partial charge on any atom is -0.326 e. The van der Waals surface area contributed by atoms with E-state index in [1.165, 1.54) is 0 Å². The highest BCUT2D eigenvalue weighted by molar-refractivity contribution is 6.32. The van der Waals surface area contributed by atoms with E-state index in [2.05, 4.69) is 28.9 Å². The minimum absolute atomic E-state index is 0.394. The van der Waals surface area contributed by atoms with Crippen LogP contribution in [0.15, 0.2) is 42.6 Å². The lowest BCUT2D eigenvalue weighted by Crippen LogP contribution is -2.19. The third kappa shape index (κ3) is 3.65. The fraction of sp³-hybridized carbons (Fsp3) is 0.312. The summed E-state index contributed by atoms with van der Waals surface area (Å²) >= 11 is 12.0. The van der Waals surface area contributed by atoms with Gasteiger partial charge in [-0.1, -0.05) is 43.1 Å². The predicted molar refractivity (Wildman–Crippen MR) is 87.2 cm³/mol. The van der Waals surface area contributed by atoms with Gasteiger partial charge in [0.1, 0.15) is 5.82 Å². The lowest BCUT2D eigenvalue weighted by Gasteiger charge is -2.24. The van der Waals surface area contributed by atoms with Crippen LogP contribution < -0.4 is 4.90 Å². The van der Waals surface area contributed by atoms with Crippen LogP contribution in [0.1, 0.15) is 25.3 Å². The van der Waals surface area contributed by atoms with E-state index in [4.69, 9.17) is 23.2 Å². The molecule has 2 aromatic rings. The van der Waals surface area contributed by atoms with Crippen LogP contribution in [0.3, 0.4) is 0 Å². The lowest BCUT2D eigenvalue weighted by atomic mass is 10.2. The van der Waals surface area contributed by atoms with E-state index in [-0.39, 0.29) is 0 Å². The summed E-state index contributed by atoms with van der Waals surface area (Å²) in [6, 6.07) is 12.2. The molecule has 0 saturated carbocycles. The Morgan fingerprint density at radius 3 is 2.60 bits per heavy atom. The van der Waals surface area contributed by atoms with Gasteiger partial charge < -0.3 is 4.90 Å². The van der Waals surface area contributed by atoms with Gasteiger partial charge >= 0.3 is 0 Å². The van der Waals surface area contributed by atoms with Gasteiger partial charge in [-0.2, -0.15) is 0 Å². The number of alkyl halides is 1. The minimum atomic E-state index is 0.394. The first-order valence-corrected chi connectivity index (χ1v) is 7.70. The highest BCUT2D eigenvalue weighted by Crippen LogP contribution is 2.27. The van der Waals surface area contributed by atoms with Crippen LogP contribution in [0.4, 0.5) is 11.5 Å². The molecule has 0 bridgehead atoms. The monoisotopic (exact) mass is 308 g/mol. The van der Waals surface area contributed by atoms with E-state index in [1.807, 2.05) is 24.3 Å². The summed E-state index contributed by atoms with van der Waals surface area (Å²) in [5.41, 5.74) is 2.05. The van der Waals surface area contributed by atoms with Crippen LogP contribution >= 0.6 is 23.2 Å². The summed E-state index contributed by atoms with van der Waals surface area (Å²) < 4.78 is 0. The number of hydrogen-bond acceptors (Lipinski definition) is 2. The van der Waals surface area contributed by atoms with Crippen molar-refractivity contribution in [3.8, 4) is 0 Å². The number of anilines is 2. The fourth-order valence-corrected chi connectivity index (χ4v) is 2.48. The number of halogens is 2. The first-order valence-electron chi connectivity index (χ1n) is 6.79. The smallest absolute Gasteiger partial charge is 0.133 e. The summed E-state index contributed by atoms with van der Waals surface area (Å²) in [5.74, 6) is 1.29. The molecule has 2 nitrogen and oxygen atoms in total. The van der Waals surface area contributed by atoms with Crippen molar-refractivity contribution in [1.82, 2.24) is 4.98 Å². The first-order chi connectivity index (χ1) is 9.76. The molecule has 1 aromatic carbocycles. The number of para-hydroxylation sites is 1. The van der Waals surface area contributed by atoms with Crippen molar-refractivity contribution in [2.75, 3.05) is 11.4 Å². The van der Waals surface area contributed by atoms with E-state index in [0.29, 0.717) is 10.9 Å². The number of nitrogens with zero attached hydrogens (tertiary/aromatic N) is 2. The molecule has 0 aliphatic rings. The Labute approximate surface area is 130 Å². The second-order valence-corrected chi connectivity index (χ2v) is 5.28. The quantitative estimate of drug-likeness (QED) is 0.663. The van der Waals surface area contributed by atoms with Gasteiger partial charge in [-0.25, -0.2) is 4.98 Å². The summed E-state index contributed by atoms with van der Waals surface area (Å²) in [4.78, 5) is 6.66. The first kappa shape index (κ1) is 15.1. The maximum Gasteiger partial charge on any atom is 0.133 e. The Morgan fingerprint density at radius 2 is 1.95 bits per heavy atom. The summed E-state index contributed by atoms with van der Waals surface area (Å²) in [6.07, 6.45) is 3.92. The molecular weight excluding hydrogens is 291 g/mol. The third-order valence-electron chi connectivity index (χ3n) is 3.14. The fourth-order valence-electron chi connectivity index (χ4n) is 2.02. The molecule has 1 heterocycles. The topological polar surface area (TPSA) is 16.1 Å². The standard InChI is InChI=1S/C16H18Cl2N2/c1-2-3-9-20(14-7-5-4-6-8-14)16-10-13(11-17)15(18)12-19-16/h4-8,10,12H,2-3,9,11H2,1H3. The molecule has 4 heteroatoms. The molecule has 20 heavy (non-hydrogen) atoms. The SMILES string of the molecule is CCCCN(c1ccccc1)c1cc(CCl)c(Cl)cn1. The number of pyridine rings is 1. The van der Waals surface area contributed by atoms with Gasteiger partial charge in [-0.15, -0.1) is 11.6 Å². The van der Waals surface area contributed by atoms with Crippen LogP contribution in [-0.4, -0.2) is 11.5 Å². The normalized spacial score (nSPS) is 10.6. The Bertz CT molecular complexity index is 543. The van der Waals surface area contributed by atoms with Gasteiger partial charge in [0.2, 0.25) is 0 Å². The van der Waals surface area contributed by atoms with Crippen molar-refractivity contribution in [1.29, 1.82) is 0 Å². The second kappa shape index (κ2) is 7.51. The molecule has 2 rings (SSSR count). The van der Waals surface area contributed by atoms with Gasteiger partial charge in [-0.3, -0.25) is 0 Å². The zero-order chi connectivity index (χ0) is 14.4. The van der Waals surface area contributed by atoms with Crippen LogP contribution in [-0.2, 0) is 5.88 Å². The molecule has 0 aliphatic heterocycles. The number of hydrogen-bond donors (Lipinski definition) is 0. The summed E-state index contributed by atoms with van der Waals surface area (Å²) in [7, 11) is 0. The Kier molecular flexibility index (Phi) is 5.69. The van der Waals surface area contributed by atoms with Crippen LogP contribution in [0.2, 0.25) is 5.02 Å². The molecule has 0 amide bonds. The van der Waals surface area contributed by atoms with Crippen molar-refractivity contribution in [2.45, 2.75) is 25.6 Å². The summed E-state index contributed by atoms with van der Waals surface area (Å²) in [5, 5.41) is 0.618. The average Bonchev–Trinajstić information content (AvgIpc) is 2.50. The molecule has 0 fully saturated rings. The summed E-state index contributed by atoms with van der Waals surface area (Å²) in [6.45, 7) is 3.11. The van der Waals surface area contributed by atoms with Crippen LogP contribution in [0.5, 0.6) is 0 Å². The third-order valence-corrected chi connectivity index (χ3v) is 3.77. The molecule has 0 aliphatic carbocycles. The average molecular weight is 309 g/mol. The van der Waals surface area contributed by atoms with Crippen molar-refractivity contribution in [2.24, 2.45) is 0 Å².